The van der Waals surface area contributed by atoms with E-state index in [-0.39, 0.29) is 31.6 Å². The fourth-order valence-electron chi connectivity index (χ4n) is 3.91. The van der Waals surface area contributed by atoms with Gasteiger partial charge in [-0.2, -0.15) is 0 Å². The van der Waals surface area contributed by atoms with Crippen molar-refractivity contribution < 1.29 is 29.3 Å². The first-order valence-corrected chi connectivity index (χ1v) is 15.9. The molecule has 6 heteroatoms. The highest BCUT2D eigenvalue weighted by Gasteiger charge is 2.11. The number of unbranched alkanes of at least 4 members (excludes halogenated alkanes) is 9. The molecule has 0 aromatic carbocycles. The van der Waals surface area contributed by atoms with E-state index < -0.39 is 12.2 Å². The summed E-state index contributed by atoms with van der Waals surface area (Å²) in [5.74, 6) is -0.679. The third-order valence-corrected chi connectivity index (χ3v) is 6.35. The Balaban J connectivity index is 3.69. The second-order valence-electron chi connectivity index (χ2n) is 10.4. The lowest BCUT2D eigenvalue weighted by molar-refractivity contribution is -0.152. The van der Waals surface area contributed by atoms with Gasteiger partial charge in [-0.25, -0.2) is 0 Å². The third kappa shape index (κ3) is 30.3. The van der Waals surface area contributed by atoms with E-state index in [1.54, 1.807) is 6.08 Å². The molecule has 0 aliphatic rings. The maximum atomic E-state index is 11.9. The lowest BCUT2D eigenvalue weighted by Crippen LogP contribution is -2.25. The molecule has 0 aliphatic carbocycles. The predicted octanol–water partition coefficient (Wildman–Crippen LogP) is 8.25. The standard InChI is InChI=1S/C35H58O6/c1-3-5-7-9-11-12-16-20-24-28-34(38)40-30-33(37)31-41-35(39)29-25-21-17-14-13-15-19-23-27-32(36)26-22-18-10-8-6-4-2/h6,8,14-15,17-19,22-23,27,32-33,36-37H,3-5,7,9-13,16,20-21,24-26,28-31H2,1-2H3/b8-6-,17-14-,19-15-,22-18-,27-23+/t32?,33-/m0/s1. The van der Waals surface area contributed by atoms with Crippen molar-refractivity contribution in [3.63, 3.8) is 0 Å². The summed E-state index contributed by atoms with van der Waals surface area (Å²) < 4.78 is 10.2. The van der Waals surface area contributed by atoms with Crippen LogP contribution >= 0.6 is 0 Å². The van der Waals surface area contributed by atoms with E-state index >= 15 is 0 Å². The Labute approximate surface area is 250 Å². The van der Waals surface area contributed by atoms with Gasteiger partial charge in [-0.3, -0.25) is 9.59 Å². The SMILES string of the molecule is CC/C=C\C/C=C\CC(O)/C=C/C=C\C/C=C\CCCC(=O)OC[C@@H](O)COC(=O)CCCCCCCCCCC. The minimum absolute atomic E-state index is 0.151. The molecule has 0 bridgehead atoms. The van der Waals surface area contributed by atoms with Crippen molar-refractivity contribution in [2.75, 3.05) is 13.2 Å². The van der Waals surface area contributed by atoms with Gasteiger partial charge in [-0.05, 0) is 44.9 Å². The average molecular weight is 575 g/mol. The van der Waals surface area contributed by atoms with Crippen LogP contribution in [-0.4, -0.2) is 47.6 Å². The van der Waals surface area contributed by atoms with Gasteiger partial charge in [0.05, 0.1) is 6.10 Å². The van der Waals surface area contributed by atoms with Crippen molar-refractivity contribution in [1.82, 2.24) is 0 Å². The van der Waals surface area contributed by atoms with Gasteiger partial charge in [0.15, 0.2) is 0 Å². The van der Waals surface area contributed by atoms with Crippen LogP contribution in [0.5, 0.6) is 0 Å². The molecule has 0 aromatic rings. The number of ether oxygens (including phenoxy) is 2. The summed E-state index contributed by atoms with van der Waals surface area (Å²) in [6, 6.07) is 0. The Bertz CT molecular complexity index is 765. The molecule has 1 unspecified atom stereocenters. The number of hydrogen-bond donors (Lipinski definition) is 2. The second kappa shape index (κ2) is 30.5. The molecular formula is C35H58O6. The summed E-state index contributed by atoms with van der Waals surface area (Å²) in [7, 11) is 0. The van der Waals surface area contributed by atoms with Crippen LogP contribution in [0.3, 0.4) is 0 Å². The molecule has 0 heterocycles. The van der Waals surface area contributed by atoms with Crippen molar-refractivity contribution in [1.29, 1.82) is 0 Å². The van der Waals surface area contributed by atoms with Crippen LogP contribution in [0.1, 0.15) is 123 Å². The largest absolute Gasteiger partial charge is 0.463 e. The predicted molar refractivity (Wildman–Crippen MR) is 169 cm³/mol. The molecule has 0 aliphatic heterocycles. The first-order valence-electron chi connectivity index (χ1n) is 15.9. The summed E-state index contributed by atoms with van der Waals surface area (Å²) in [4.78, 5) is 23.7. The van der Waals surface area contributed by atoms with Gasteiger partial charge < -0.3 is 19.7 Å². The van der Waals surface area contributed by atoms with E-state index in [0.717, 1.165) is 44.9 Å². The number of esters is 2. The number of carbonyl (C=O) groups excluding carboxylic acids is 2. The highest BCUT2D eigenvalue weighted by Crippen LogP contribution is 2.11. The van der Waals surface area contributed by atoms with E-state index in [1.807, 2.05) is 36.5 Å². The van der Waals surface area contributed by atoms with Gasteiger partial charge in [0.2, 0.25) is 0 Å². The summed E-state index contributed by atoms with van der Waals surface area (Å²) in [6.45, 7) is 4.01. The zero-order valence-corrected chi connectivity index (χ0v) is 25.9. The molecular weight excluding hydrogens is 516 g/mol. The fraction of sp³-hybridized carbons (Fsp3) is 0.657. The molecule has 234 valence electrons. The lowest BCUT2D eigenvalue weighted by atomic mass is 10.1. The zero-order chi connectivity index (χ0) is 30.2. The van der Waals surface area contributed by atoms with Gasteiger partial charge in [-0.1, -0.05) is 126 Å². The smallest absolute Gasteiger partial charge is 0.305 e. The fourth-order valence-corrected chi connectivity index (χ4v) is 3.91. The summed E-state index contributed by atoms with van der Waals surface area (Å²) in [6.07, 6.45) is 34.5. The molecule has 0 saturated heterocycles. The Morgan fingerprint density at radius 3 is 1.85 bits per heavy atom. The first-order chi connectivity index (χ1) is 20.0. The molecule has 0 amide bonds. The summed E-state index contributed by atoms with van der Waals surface area (Å²) >= 11 is 0. The Kier molecular flexibility index (Phi) is 28.7. The molecule has 6 nitrogen and oxygen atoms in total. The van der Waals surface area contributed by atoms with Crippen LogP contribution in [0.25, 0.3) is 0 Å². The van der Waals surface area contributed by atoms with Crippen LogP contribution in [0, 0.1) is 0 Å². The number of rotatable bonds is 27. The van der Waals surface area contributed by atoms with E-state index in [0.29, 0.717) is 19.3 Å². The van der Waals surface area contributed by atoms with Crippen LogP contribution in [0.15, 0.2) is 60.8 Å². The van der Waals surface area contributed by atoms with Crippen molar-refractivity contribution in [2.24, 2.45) is 0 Å². The third-order valence-electron chi connectivity index (χ3n) is 6.35. The van der Waals surface area contributed by atoms with Crippen LogP contribution in [0.4, 0.5) is 0 Å². The molecule has 0 saturated carbocycles. The van der Waals surface area contributed by atoms with Gasteiger partial charge in [-0.15, -0.1) is 0 Å². The molecule has 2 atom stereocenters. The number of hydrogen-bond acceptors (Lipinski definition) is 6. The lowest BCUT2D eigenvalue weighted by Gasteiger charge is -2.12. The zero-order valence-electron chi connectivity index (χ0n) is 25.9. The van der Waals surface area contributed by atoms with E-state index in [9.17, 15) is 19.8 Å². The van der Waals surface area contributed by atoms with Crippen molar-refractivity contribution in [3.8, 4) is 0 Å². The molecule has 0 spiro atoms. The van der Waals surface area contributed by atoms with Crippen molar-refractivity contribution in [2.45, 2.75) is 135 Å². The number of allylic oxidation sites excluding steroid dienone is 8. The van der Waals surface area contributed by atoms with Crippen LogP contribution < -0.4 is 0 Å². The summed E-state index contributed by atoms with van der Waals surface area (Å²) in [5, 5.41) is 19.8. The molecule has 0 fully saturated rings. The quantitative estimate of drug-likeness (QED) is 0.0444. The van der Waals surface area contributed by atoms with Crippen molar-refractivity contribution >= 4 is 11.9 Å². The molecule has 41 heavy (non-hydrogen) atoms. The van der Waals surface area contributed by atoms with E-state index in [4.69, 9.17) is 9.47 Å². The topological polar surface area (TPSA) is 93.1 Å². The maximum Gasteiger partial charge on any atom is 0.305 e. The molecule has 2 N–H and O–H groups in total. The van der Waals surface area contributed by atoms with E-state index in [1.165, 1.54) is 38.5 Å². The number of carbonyl (C=O) groups is 2. The van der Waals surface area contributed by atoms with Crippen LogP contribution in [-0.2, 0) is 19.1 Å². The molecule has 0 radical (unpaired) electrons. The maximum absolute atomic E-state index is 11.9. The Hall–Kier alpha value is -2.44. The minimum atomic E-state index is -1.00. The van der Waals surface area contributed by atoms with Gasteiger partial charge in [0.25, 0.3) is 0 Å². The molecule has 0 aromatic heterocycles. The monoisotopic (exact) mass is 574 g/mol. The van der Waals surface area contributed by atoms with Crippen molar-refractivity contribution in [3.05, 3.63) is 60.8 Å². The second-order valence-corrected chi connectivity index (χ2v) is 10.4. The number of aliphatic hydroxyl groups is 2. The first kappa shape index (κ1) is 38.6. The number of aliphatic hydroxyl groups excluding tert-OH is 2. The van der Waals surface area contributed by atoms with Gasteiger partial charge in [0, 0.05) is 12.8 Å². The average Bonchev–Trinajstić information content (AvgIpc) is 2.96. The summed E-state index contributed by atoms with van der Waals surface area (Å²) in [5.41, 5.74) is 0. The highest BCUT2D eigenvalue weighted by molar-refractivity contribution is 5.69. The van der Waals surface area contributed by atoms with Gasteiger partial charge >= 0.3 is 11.9 Å². The minimum Gasteiger partial charge on any atom is -0.463 e. The molecule has 0 rings (SSSR count). The highest BCUT2D eigenvalue weighted by atomic mass is 16.6. The van der Waals surface area contributed by atoms with Gasteiger partial charge in [0.1, 0.15) is 19.3 Å². The Morgan fingerprint density at radius 1 is 0.634 bits per heavy atom. The van der Waals surface area contributed by atoms with Crippen LogP contribution in [0.2, 0.25) is 0 Å². The normalized spacial score (nSPS) is 13.8. The van der Waals surface area contributed by atoms with E-state index in [2.05, 4.69) is 32.1 Å². The Morgan fingerprint density at radius 2 is 1.20 bits per heavy atom.